The molecule has 1 heterocycles. The molecule has 0 aliphatic heterocycles. The summed E-state index contributed by atoms with van der Waals surface area (Å²) in [7, 11) is 0. The zero-order chi connectivity index (χ0) is 17.7. The molecule has 1 aromatic heterocycles. The number of ether oxygens (including phenoxy) is 1. The summed E-state index contributed by atoms with van der Waals surface area (Å²) in [6.07, 6.45) is -1.55. The number of nitrogens with one attached hydrogen (secondary N) is 1. The van der Waals surface area contributed by atoms with E-state index in [0.29, 0.717) is 5.56 Å². The molecule has 0 fully saturated rings. The van der Waals surface area contributed by atoms with Crippen LogP contribution in [0.2, 0.25) is 0 Å². The van der Waals surface area contributed by atoms with Crippen LogP contribution in [-0.4, -0.2) is 11.0 Å². The summed E-state index contributed by atoms with van der Waals surface area (Å²) in [5.41, 5.74) is -0.466. The van der Waals surface area contributed by atoms with E-state index in [1.165, 1.54) is 30.6 Å². The van der Waals surface area contributed by atoms with Gasteiger partial charge in [0.05, 0.1) is 5.56 Å². The number of carbonyl (C=O) groups excluding carboxylic acids is 1. The number of aromatic amines is 1. The number of benzene rings is 1. The fourth-order valence-corrected chi connectivity index (χ4v) is 1.98. The second-order valence-corrected chi connectivity index (χ2v) is 5.09. The first-order chi connectivity index (χ1) is 11.3. The monoisotopic (exact) mass is 337 g/mol. The average molecular weight is 337 g/mol. The largest absolute Gasteiger partial charge is 0.457 e. The second-order valence-electron chi connectivity index (χ2n) is 5.09. The molecule has 24 heavy (non-hydrogen) atoms. The summed E-state index contributed by atoms with van der Waals surface area (Å²) in [5.74, 6) is -0.768. The molecule has 0 amide bonds. The van der Waals surface area contributed by atoms with E-state index in [1.54, 1.807) is 0 Å². The molecule has 0 radical (unpaired) electrons. The number of esters is 1. The minimum atomic E-state index is -4.46. The number of H-pyrrole nitrogens is 1. The van der Waals surface area contributed by atoms with Crippen molar-refractivity contribution in [3.05, 3.63) is 81.8 Å². The summed E-state index contributed by atoms with van der Waals surface area (Å²) in [6, 6.07) is 5.83. The van der Waals surface area contributed by atoms with Gasteiger partial charge in [0.25, 0.3) is 0 Å². The Kier molecular flexibility index (Phi) is 5.23. The molecule has 0 aliphatic rings. The number of alkyl halides is 3. The molecule has 0 spiro atoms. The van der Waals surface area contributed by atoms with Crippen LogP contribution in [0, 0.1) is 0 Å². The molecule has 1 aromatic carbocycles. The lowest BCUT2D eigenvalue weighted by molar-refractivity contribution is -0.140. The average Bonchev–Trinajstić information content (AvgIpc) is 2.54. The maximum Gasteiger partial charge on any atom is 0.416 e. The molecule has 2 aromatic rings. The Morgan fingerprint density at radius 1 is 1.25 bits per heavy atom. The van der Waals surface area contributed by atoms with E-state index in [2.05, 4.69) is 11.6 Å². The van der Waals surface area contributed by atoms with Crippen LogP contribution in [0.4, 0.5) is 13.2 Å². The molecule has 7 heteroatoms. The number of halogens is 3. The van der Waals surface area contributed by atoms with Gasteiger partial charge in [0.15, 0.2) is 5.43 Å². The van der Waals surface area contributed by atoms with Gasteiger partial charge in [-0.05, 0) is 17.7 Å². The predicted molar refractivity (Wildman–Crippen MR) is 81.1 cm³/mol. The Hall–Kier alpha value is -2.83. The molecular weight excluding hydrogens is 323 g/mol. The number of hydrogen-bond acceptors (Lipinski definition) is 3. The van der Waals surface area contributed by atoms with E-state index in [-0.39, 0.29) is 29.6 Å². The van der Waals surface area contributed by atoms with Crippen molar-refractivity contribution in [3.63, 3.8) is 0 Å². The maximum atomic E-state index is 12.6. The number of rotatable bonds is 5. The fraction of sp³-hybridized carbons (Fsp3) is 0.176. The SMILES string of the molecule is C=C(Cc1c[nH]ccc1=O)C(=O)OCc1cccc(C(F)(F)F)c1. The van der Waals surface area contributed by atoms with Crippen LogP contribution in [-0.2, 0) is 28.7 Å². The molecule has 0 saturated carbocycles. The smallest absolute Gasteiger partial charge is 0.416 e. The number of carbonyl (C=O) groups is 1. The molecule has 2 rings (SSSR count). The van der Waals surface area contributed by atoms with Crippen LogP contribution < -0.4 is 5.43 Å². The minimum Gasteiger partial charge on any atom is -0.457 e. The number of hydrogen-bond donors (Lipinski definition) is 1. The van der Waals surface area contributed by atoms with Gasteiger partial charge in [0.1, 0.15) is 6.61 Å². The highest BCUT2D eigenvalue weighted by Crippen LogP contribution is 2.29. The molecule has 0 atom stereocenters. The van der Waals surface area contributed by atoms with E-state index < -0.39 is 17.7 Å². The zero-order valence-electron chi connectivity index (χ0n) is 12.5. The molecule has 0 saturated heterocycles. The first-order valence-electron chi connectivity index (χ1n) is 6.94. The van der Waals surface area contributed by atoms with E-state index in [1.807, 2.05) is 0 Å². The van der Waals surface area contributed by atoms with Crippen LogP contribution in [0.1, 0.15) is 16.7 Å². The highest BCUT2D eigenvalue weighted by molar-refractivity contribution is 5.88. The molecule has 4 nitrogen and oxygen atoms in total. The normalized spacial score (nSPS) is 11.1. The Morgan fingerprint density at radius 3 is 2.67 bits per heavy atom. The van der Waals surface area contributed by atoms with Gasteiger partial charge < -0.3 is 9.72 Å². The summed E-state index contributed by atoms with van der Waals surface area (Å²) in [5, 5.41) is 0. The van der Waals surface area contributed by atoms with Crippen molar-refractivity contribution < 1.29 is 22.7 Å². The van der Waals surface area contributed by atoms with Gasteiger partial charge in [-0.25, -0.2) is 4.79 Å². The predicted octanol–water partition coefficient (Wildman–Crippen LogP) is 3.24. The third-order valence-electron chi connectivity index (χ3n) is 3.22. The van der Waals surface area contributed by atoms with Crippen molar-refractivity contribution in [2.45, 2.75) is 19.2 Å². The maximum absolute atomic E-state index is 12.6. The Bertz CT molecular complexity index is 809. The lowest BCUT2D eigenvalue weighted by atomic mass is 10.1. The van der Waals surface area contributed by atoms with E-state index in [4.69, 9.17) is 4.74 Å². The standard InChI is InChI=1S/C17H14F3NO3/c1-11(7-13-9-21-6-5-15(13)22)16(23)24-10-12-3-2-4-14(8-12)17(18,19)20/h2-6,8-9H,1,7,10H2,(H,21,22). The third-order valence-corrected chi connectivity index (χ3v) is 3.22. The Morgan fingerprint density at radius 2 is 2.00 bits per heavy atom. The van der Waals surface area contributed by atoms with Crippen molar-refractivity contribution in [1.82, 2.24) is 4.98 Å². The first-order valence-corrected chi connectivity index (χ1v) is 6.94. The van der Waals surface area contributed by atoms with Gasteiger partial charge >= 0.3 is 12.1 Å². The van der Waals surface area contributed by atoms with Crippen molar-refractivity contribution in [1.29, 1.82) is 0 Å². The highest BCUT2D eigenvalue weighted by atomic mass is 19.4. The van der Waals surface area contributed by atoms with Crippen molar-refractivity contribution in [2.75, 3.05) is 0 Å². The lowest BCUT2D eigenvalue weighted by Gasteiger charge is -2.10. The van der Waals surface area contributed by atoms with Gasteiger partial charge in [-0.15, -0.1) is 0 Å². The Labute approximate surface area is 135 Å². The quantitative estimate of drug-likeness (QED) is 0.673. The molecule has 0 bridgehead atoms. The first kappa shape index (κ1) is 17.5. The zero-order valence-corrected chi connectivity index (χ0v) is 12.5. The van der Waals surface area contributed by atoms with E-state index in [0.717, 1.165) is 12.1 Å². The number of aromatic nitrogens is 1. The molecular formula is C17H14F3NO3. The lowest BCUT2D eigenvalue weighted by Crippen LogP contribution is -2.14. The summed E-state index contributed by atoms with van der Waals surface area (Å²) in [4.78, 5) is 26.2. The molecule has 0 aliphatic carbocycles. The molecule has 0 unspecified atom stereocenters. The van der Waals surface area contributed by atoms with Gasteiger partial charge in [0.2, 0.25) is 0 Å². The van der Waals surface area contributed by atoms with Crippen LogP contribution in [0.3, 0.4) is 0 Å². The van der Waals surface area contributed by atoms with Gasteiger partial charge in [0, 0.05) is 36.0 Å². The minimum absolute atomic E-state index is 0.00238. The topological polar surface area (TPSA) is 59.2 Å². The van der Waals surface area contributed by atoms with Gasteiger partial charge in [-0.3, -0.25) is 4.79 Å². The van der Waals surface area contributed by atoms with E-state index in [9.17, 15) is 22.8 Å². The second kappa shape index (κ2) is 7.16. The van der Waals surface area contributed by atoms with Crippen LogP contribution in [0.5, 0.6) is 0 Å². The third kappa shape index (κ3) is 4.58. The van der Waals surface area contributed by atoms with Crippen molar-refractivity contribution >= 4 is 5.97 Å². The summed E-state index contributed by atoms with van der Waals surface area (Å²) in [6.45, 7) is 3.24. The van der Waals surface area contributed by atoms with Gasteiger partial charge in [-0.2, -0.15) is 13.2 Å². The van der Waals surface area contributed by atoms with Crippen LogP contribution in [0.15, 0.2) is 59.7 Å². The highest BCUT2D eigenvalue weighted by Gasteiger charge is 2.30. The Balaban J connectivity index is 1.97. The van der Waals surface area contributed by atoms with Crippen molar-refractivity contribution in [2.24, 2.45) is 0 Å². The van der Waals surface area contributed by atoms with Crippen molar-refractivity contribution in [3.8, 4) is 0 Å². The van der Waals surface area contributed by atoms with Crippen LogP contribution >= 0.6 is 0 Å². The van der Waals surface area contributed by atoms with Gasteiger partial charge in [-0.1, -0.05) is 18.7 Å². The fourth-order valence-electron chi connectivity index (χ4n) is 1.98. The summed E-state index contributed by atoms with van der Waals surface area (Å²) >= 11 is 0. The van der Waals surface area contributed by atoms with Crippen LogP contribution in [0.25, 0.3) is 0 Å². The number of pyridine rings is 1. The van der Waals surface area contributed by atoms with E-state index >= 15 is 0 Å². The molecule has 126 valence electrons. The molecule has 1 N–H and O–H groups in total. The summed E-state index contributed by atoms with van der Waals surface area (Å²) < 4.78 is 42.8.